The first kappa shape index (κ1) is 14.2. The van der Waals surface area contributed by atoms with Crippen molar-refractivity contribution in [1.82, 2.24) is 4.98 Å². The van der Waals surface area contributed by atoms with Crippen LogP contribution in [0, 0.1) is 11.8 Å². The van der Waals surface area contributed by atoms with E-state index in [0.29, 0.717) is 0 Å². The first-order chi connectivity index (χ1) is 10.3. The molecule has 1 fully saturated rings. The highest BCUT2D eigenvalue weighted by atomic mass is 14.9. The van der Waals surface area contributed by atoms with Gasteiger partial charge in [0.05, 0.1) is 5.52 Å². The summed E-state index contributed by atoms with van der Waals surface area (Å²) in [5.74, 6) is 1.77. The number of nitrogens with two attached hydrogens (primary N) is 1. The third-order valence-electron chi connectivity index (χ3n) is 4.89. The molecule has 0 bridgehead atoms. The molecule has 0 amide bonds. The van der Waals surface area contributed by atoms with E-state index in [1.807, 2.05) is 18.3 Å². The highest BCUT2D eigenvalue weighted by Gasteiger charge is 2.19. The number of pyridine rings is 1. The Morgan fingerprint density at radius 1 is 1.14 bits per heavy atom. The van der Waals surface area contributed by atoms with Crippen molar-refractivity contribution in [2.24, 2.45) is 11.8 Å². The molecule has 21 heavy (non-hydrogen) atoms. The van der Waals surface area contributed by atoms with Gasteiger partial charge in [0.25, 0.3) is 0 Å². The Hall–Kier alpha value is -1.77. The molecule has 112 valence electrons. The van der Waals surface area contributed by atoms with Gasteiger partial charge in [-0.15, -0.1) is 0 Å². The van der Waals surface area contributed by atoms with E-state index >= 15 is 0 Å². The van der Waals surface area contributed by atoms with Crippen LogP contribution in [0.3, 0.4) is 0 Å². The van der Waals surface area contributed by atoms with Gasteiger partial charge in [-0.2, -0.15) is 0 Å². The van der Waals surface area contributed by atoms with Gasteiger partial charge in [-0.1, -0.05) is 26.2 Å². The summed E-state index contributed by atoms with van der Waals surface area (Å²) in [5, 5.41) is 4.79. The Morgan fingerprint density at radius 3 is 2.67 bits per heavy atom. The lowest BCUT2D eigenvalue weighted by molar-refractivity contribution is 0.278. The molecule has 3 heteroatoms. The normalized spacial score (nSPS) is 22.3. The Morgan fingerprint density at radius 2 is 1.90 bits per heavy atom. The molecular formula is C18H25N3. The van der Waals surface area contributed by atoms with Gasteiger partial charge >= 0.3 is 0 Å². The van der Waals surface area contributed by atoms with E-state index in [0.717, 1.165) is 35.0 Å². The van der Waals surface area contributed by atoms with Crippen molar-refractivity contribution in [1.29, 1.82) is 0 Å². The fourth-order valence-corrected chi connectivity index (χ4v) is 3.42. The minimum absolute atomic E-state index is 0.769. The number of rotatable bonds is 4. The molecule has 1 aromatic heterocycles. The van der Waals surface area contributed by atoms with Crippen LogP contribution in [-0.4, -0.2) is 11.5 Å². The van der Waals surface area contributed by atoms with E-state index in [1.165, 1.54) is 37.8 Å². The van der Waals surface area contributed by atoms with E-state index < -0.39 is 0 Å². The maximum atomic E-state index is 5.83. The van der Waals surface area contributed by atoms with Crippen molar-refractivity contribution < 1.29 is 0 Å². The summed E-state index contributed by atoms with van der Waals surface area (Å²) in [7, 11) is 0. The molecule has 0 saturated heterocycles. The second-order valence-electron chi connectivity index (χ2n) is 6.31. The number of hydrogen-bond donors (Lipinski definition) is 2. The van der Waals surface area contributed by atoms with Crippen LogP contribution < -0.4 is 11.1 Å². The maximum Gasteiger partial charge on any atom is 0.0743 e. The highest BCUT2D eigenvalue weighted by Crippen LogP contribution is 2.31. The van der Waals surface area contributed by atoms with Gasteiger partial charge < -0.3 is 11.1 Å². The molecule has 1 aliphatic rings. The third-order valence-corrected chi connectivity index (χ3v) is 4.89. The quantitative estimate of drug-likeness (QED) is 0.815. The average molecular weight is 283 g/mol. The Kier molecular flexibility index (Phi) is 4.28. The molecule has 0 aliphatic heterocycles. The second-order valence-corrected chi connectivity index (χ2v) is 6.31. The van der Waals surface area contributed by atoms with Gasteiger partial charge in [-0.3, -0.25) is 4.98 Å². The minimum atomic E-state index is 0.769. The molecule has 0 unspecified atom stereocenters. The zero-order valence-electron chi connectivity index (χ0n) is 12.8. The van der Waals surface area contributed by atoms with Crippen molar-refractivity contribution in [3.8, 4) is 0 Å². The van der Waals surface area contributed by atoms with Crippen LogP contribution in [0.25, 0.3) is 10.9 Å². The van der Waals surface area contributed by atoms with Crippen LogP contribution >= 0.6 is 0 Å². The van der Waals surface area contributed by atoms with Crippen molar-refractivity contribution >= 4 is 22.3 Å². The lowest BCUT2D eigenvalue weighted by Crippen LogP contribution is -2.21. The number of anilines is 2. The lowest BCUT2D eigenvalue weighted by atomic mass is 9.81. The first-order valence-corrected chi connectivity index (χ1v) is 8.14. The molecule has 3 nitrogen and oxygen atoms in total. The van der Waals surface area contributed by atoms with Crippen LogP contribution in [0.5, 0.6) is 0 Å². The molecule has 3 N–H and O–H groups in total. The summed E-state index contributed by atoms with van der Waals surface area (Å²) in [6.07, 6.45) is 8.73. The highest BCUT2D eigenvalue weighted by molar-refractivity contribution is 5.92. The molecule has 0 atom stereocenters. The summed E-state index contributed by atoms with van der Waals surface area (Å²) in [6, 6.07) is 8.01. The Bertz CT molecular complexity index is 600. The molecule has 1 saturated carbocycles. The van der Waals surface area contributed by atoms with E-state index in [2.05, 4.69) is 29.4 Å². The predicted octanol–water partition coefficient (Wildman–Crippen LogP) is 4.45. The summed E-state index contributed by atoms with van der Waals surface area (Å²) in [5.41, 5.74) is 8.74. The van der Waals surface area contributed by atoms with E-state index in [4.69, 9.17) is 5.73 Å². The van der Waals surface area contributed by atoms with Gasteiger partial charge in [0.1, 0.15) is 0 Å². The van der Waals surface area contributed by atoms with Crippen LogP contribution in [-0.2, 0) is 0 Å². The fourth-order valence-electron chi connectivity index (χ4n) is 3.42. The fraction of sp³-hybridized carbons (Fsp3) is 0.500. The van der Waals surface area contributed by atoms with Crippen molar-refractivity contribution in [3.63, 3.8) is 0 Å². The molecular weight excluding hydrogens is 258 g/mol. The number of hydrogen-bond acceptors (Lipinski definition) is 3. The van der Waals surface area contributed by atoms with Crippen molar-refractivity contribution in [2.75, 3.05) is 17.6 Å². The molecule has 0 spiro atoms. The number of fused-ring (bicyclic) bond motifs is 1. The van der Waals surface area contributed by atoms with E-state index in [1.54, 1.807) is 0 Å². The zero-order valence-corrected chi connectivity index (χ0v) is 12.8. The SMILES string of the molecule is CCC1CCC(CNc2ccnc3cc(N)ccc23)CC1. The van der Waals surface area contributed by atoms with Gasteiger partial charge in [0, 0.05) is 29.5 Å². The van der Waals surface area contributed by atoms with Crippen LogP contribution in [0.2, 0.25) is 0 Å². The number of nitrogens with one attached hydrogen (secondary N) is 1. The predicted molar refractivity (Wildman–Crippen MR) is 90.4 cm³/mol. The lowest BCUT2D eigenvalue weighted by Gasteiger charge is -2.28. The van der Waals surface area contributed by atoms with Crippen LogP contribution in [0.4, 0.5) is 11.4 Å². The topological polar surface area (TPSA) is 50.9 Å². The maximum absolute atomic E-state index is 5.83. The largest absolute Gasteiger partial charge is 0.399 e. The average Bonchev–Trinajstić information content (AvgIpc) is 2.53. The zero-order chi connectivity index (χ0) is 14.7. The Labute approximate surface area is 127 Å². The van der Waals surface area contributed by atoms with Gasteiger partial charge in [-0.25, -0.2) is 0 Å². The Balaban J connectivity index is 1.66. The molecule has 0 radical (unpaired) electrons. The van der Waals surface area contributed by atoms with E-state index in [-0.39, 0.29) is 0 Å². The van der Waals surface area contributed by atoms with Crippen molar-refractivity contribution in [2.45, 2.75) is 39.0 Å². The minimum Gasteiger partial charge on any atom is -0.399 e. The summed E-state index contributed by atoms with van der Waals surface area (Å²) < 4.78 is 0. The van der Waals surface area contributed by atoms with Gasteiger partial charge in [0.2, 0.25) is 0 Å². The van der Waals surface area contributed by atoms with Crippen LogP contribution in [0.1, 0.15) is 39.0 Å². The van der Waals surface area contributed by atoms with Crippen LogP contribution in [0.15, 0.2) is 30.5 Å². The smallest absolute Gasteiger partial charge is 0.0743 e. The monoisotopic (exact) mass is 283 g/mol. The summed E-state index contributed by atoms with van der Waals surface area (Å²) in [4.78, 5) is 4.40. The molecule has 2 aromatic rings. The molecule has 1 aliphatic carbocycles. The van der Waals surface area contributed by atoms with Gasteiger partial charge in [0.15, 0.2) is 0 Å². The first-order valence-electron chi connectivity index (χ1n) is 8.14. The van der Waals surface area contributed by atoms with Crippen molar-refractivity contribution in [3.05, 3.63) is 30.5 Å². The number of nitrogens with zero attached hydrogens (tertiary/aromatic N) is 1. The molecule has 3 rings (SSSR count). The second kappa shape index (κ2) is 6.33. The summed E-state index contributed by atoms with van der Waals surface area (Å²) in [6.45, 7) is 3.39. The number of benzene rings is 1. The summed E-state index contributed by atoms with van der Waals surface area (Å²) >= 11 is 0. The molecule has 1 aromatic carbocycles. The number of aromatic nitrogens is 1. The van der Waals surface area contributed by atoms with E-state index in [9.17, 15) is 0 Å². The third kappa shape index (κ3) is 3.29. The van der Waals surface area contributed by atoms with Gasteiger partial charge in [-0.05, 0) is 48.9 Å². The standard InChI is InChI=1S/C18H25N3/c1-2-13-3-5-14(6-4-13)12-21-17-9-10-20-18-11-15(19)7-8-16(17)18/h7-11,13-14H,2-6,12,19H2,1H3,(H,20,21). The molecule has 1 heterocycles. The number of nitrogen functional groups attached to an aromatic ring is 1.